The summed E-state index contributed by atoms with van der Waals surface area (Å²) in [5, 5.41) is 2.75. The van der Waals surface area contributed by atoms with E-state index in [-0.39, 0.29) is 29.3 Å². The number of carbonyl (C=O) groups is 1. The van der Waals surface area contributed by atoms with Crippen molar-refractivity contribution in [2.75, 3.05) is 20.3 Å². The maximum absolute atomic E-state index is 12.9. The van der Waals surface area contributed by atoms with Crippen LogP contribution in [0.1, 0.15) is 22.8 Å². The van der Waals surface area contributed by atoms with Gasteiger partial charge in [0.15, 0.2) is 0 Å². The van der Waals surface area contributed by atoms with E-state index in [9.17, 15) is 17.6 Å². The van der Waals surface area contributed by atoms with Crippen LogP contribution in [0.4, 0.5) is 4.39 Å². The van der Waals surface area contributed by atoms with Crippen LogP contribution >= 0.6 is 0 Å². The highest BCUT2D eigenvalue weighted by atomic mass is 32.2. The fourth-order valence-corrected chi connectivity index (χ4v) is 3.70. The second-order valence-corrected chi connectivity index (χ2v) is 7.85. The third-order valence-electron chi connectivity index (χ3n) is 3.81. The number of hydrogen-bond donors (Lipinski definition) is 2. The van der Waals surface area contributed by atoms with Crippen LogP contribution in [-0.2, 0) is 21.2 Å². The van der Waals surface area contributed by atoms with Gasteiger partial charge < -0.3 is 10.1 Å². The second kappa shape index (κ2) is 9.59. The van der Waals surface area contributed by atoms with Gasteiger partial charge in [-0.2, -0.15) is 0 Å². The Hall–Kier alpha value is -2.29. The molecule has 0 saturated heterocycles. The minimum atomic E-state index is -3.67. The quantitative estimate of drug-likeness (QED) is 0.682. The molecule has 2 rings (SSSR count). The zero-order valence-corrected chi connectivity index (χ0v) is 16.1. The molecule has 2 aromatic rings. The molecular formula is C19H23FN2O4S. The number of ether oxygens (including phenoxy) is 1. The van der Waals surface area contributed by atoms with Gasteiger partial charge in [-0.1, -0.05) is 12.1 Å². The van der Waals surface area contributed by atoms with Crippen LogP contribution in [0.3, 0.4) is 0 Å². The van der Waals surface area contributed by atoms with E-state index in [1.165, 1.54) is 43.5 Å². The van der Waals surface area contributed by atoms with Crippen LogP contribution in [0.25, 0.3) is 0 Å². The average Bonchev–Trinajstić information content (AvgIpc) is 2.63. The van der Waals surface area contributed by atoms with E-state index in [4.69, 9.17) is 4.74 Å². The first kappa shape index (κ1) is 21.0. The number of halogens is 1. The van der Waals surface area contributed by atoms with Crippen molar-refractivity contribution in [2.45, 2.75) is 24.3 Å². The zero-order chi connectivity index (χ0) is 19.9. The van der Waals surface area contributed by atoms with Crippen LogP contribution < -0.4 is 10.0 Å². The van der Waals surface area contributed by atoms with E-state index in [1.807, 2.05) is 0 Å². The molecule has 2 aromatic carbocycles. The molecule has 0 fully saturated rings. The van der Waals surface area contributed by atoms with E-state index in [0.29, 0.717) is 18.5 Å². The summed E-state index contributed by atoms with van der Waals surface area (Å²) in [5.74, 6) is -0.606. The van der Waals surface area contributed by atoms with Gasteiger partial charge in [-0.3, -0.25) is 4.79 Å². The van der Waals surface area contributed by atoms with E-state index >= 15 is 0 Å². The van der Waals surface area contributed by atoms with Crippen LogP contribution in [0.15, 0.2) is 53.4 Å². The highest BCUT2D eigenvalue weighted by Crippen LogP contribution is 2.11. The summed E-state index contributed by atoms with van der Waals surface area (Å²) >= 11 is 0. The fourth-order valence-electron chi connectivity index (χ4n) is 2.48. The molecule has 0 saturated carbocycles. The van der Waals surface area contributed by atoms with Crippen LogP contribution in [0.2, 0.25) is 0 Å². The Balaban J connectivity index is 1.91. The van der Waals surface area contributed by atoms with Crippen molar-refractivity contribution in [2.24, 2.45) is 0 Å². The maximum atomic E-state index is 12.9. The highest BCUT2D eigenvalue weighted by Gasteiger charge is 2.17. The Morgan fingerprint density at radius 2 is 1.74 bits per heavy atom. The third-order valence-corrected chi connectivity index (χ3v) is 5.42. The minimum Gasteiger partial charge on any atom is -0.383 e. The summed E-state index contributed by atoms with van der Waals surface area (Å²) in [6.45, 7) is 2.35. The van der Waals surface area contributed by atoms with Gasteiger partial charge in [0, 0.05) is 25.3 Å². The molecule has 0 aromatic heterocycles. The van der Waals surface area contributed by atoms with E-state index < -0.39 is 10.0 Å². The normalized spacial score (nSPS) is 12.6. The van der Waals surface area contributed by atoms with Gasteiger partial charge in [-0.05, 0) is 55.3 Å². The molecule has 6 nitrogen and oxygen atoms in total. The minimum absolute atomic E-state index is 0.0771. The molecular weight excluding hydrogens is 371 g/mol. The molecule has 146 valence electrons. The number of nitrogens with one attached hydrogen (secondary N) is 2. The summed E-state index contributed by atoms with van der Waals surface area (Å²) in [5.41, 5.74) is 1.27. The molecule has 0 bridgehead atoms. The van der Waals surface area contributed by atoms with Gasteiger partial charge in [0.25, 0.3) is 5.91 Å². The van der Waals surface area contributed by atoms with Gasteiger partial charge in [-0.25, -0.2) is 17.5 Å². The molecule has 2 N–H and O–H groups in total. The molecule has 0 aliphatic rings. The van der Waals surface area contributed by atoms with Crippen molar-refractivity contribution in [3.05, 3.63) is 65.5 Å². The lowest BCUT2D eigenvalue weighted by Crippen LogP contribution is -2.35. The largest absolute Gasteiger partial charge is 0.383 e. The average molecular weight is 394 g/mol. The third kappa shape index (κ3) is 6.42. The predicted octanol–water partition coefficient (Wildman–Crippen LogP) is 2.11. The molecule has 0 aliphatic carbocycles. The standard InChI is InChI=1S/C19H23FN2O4S/c1-14(13-26-2)22-27(24,25)18-9-5-16(6-10-18)19(23)21-12-11-15-3-7-17(20)8-4-15/h3-10,14,22H,11-13H2,1-2H3,(H,21,23)/t14-/m1/s1. The molecule has 0 unspecified atom stereocenters. The molecule has 0 heterocycles. The molecule has 8 heteroatoms. The fraction of sp³-hybridized carbons (Fsp3) is 0.316. The highest BCUT2D eigenvalue weighted by molar-refractivity contribution is 7.89. The topological polar surface area (TPSA) is 84.5 Å². The first-order valence-corrected chi connectivity index (χ1v) is 9.94. The predicted molar refractivity (Wildman–Crippen MR) is 101 cm³/mol. The van der Waals surface area contributed by atoms with Crippen molar-refractivity contribution in [3.8, 4) is 0 Å². The SMILES string of the molecule is COC[C@@H](C)NS(=O)(=O)c1ccc(C(=O)NCCc2ccc(F)cc2)cc1. The molecule has 0 spiro atoms. The first-order valence-electron chi connectivity index (χ1n) is 8.46. The number of methoxy groups -OCH3 is 1. The Labute approximate surface area is 158 Å². The summed E-state index contributed by atoms with van der Waals surface area (Å²) in [6.07, 6.45) is 0.569. The van der Waals surface area contributed by atoms with Gasteiger partial charge in [-0.15, -0.1) is 0 Å². The van der Waals surface area contributed by atoms with Gasteiger partial charge in [0.1, 0.15) is 5.82 Å². The number of carbonyl (C=O) groups excluding carboxylic acids is 1. The number of sulfonamides is 1. The van der Waals surface area contributed by atoms with E-state index in [0.717, 1.165) is 5.56 Å². The Kier molecular flexibility index (Phi) is 7.46. The van der Waals surface area contributed by atoms with Crippen molar-refractivity contribution < 1.29 is 22.3 Å². The molecule has 1 amide bonds. The zero-order valence-electron chi connectivity index (χ0n) is 15.2. The lowest BCUT2D eigenvalue weighted by Gasteiger charge is -2.13. The van der Waals surface area contributed by atoms with E-state index in [1.54, 1.807) is 19.1 Å². The Morgan fingerprint density at radius 3 is 2.33 bits per heavy atom. The molecule has 0 aliphatic heterocycles. The second-order valence-electron chi connectivity index (χ2n) is 6.13. The first-order chi connectivity index (χ1) is 12.8. The number of hydrogen-bond acceptors (Lipinski definition) is 4. The van der Waals surface area contributed by atoms with Crippen LogP contribution in [0.5, 0.6) is 0 Å². The lowest BCUT2D eigenvalue weighted by molar-refractivity contribution is 0.0954. The van der Waals surface area contributed by atoms with Crippen LogP contribution in [-0.4, -0.2) is 40.6 Å². The molecule has 0 radical (unpaired) electrons. The molecule has 27 heavy (non-hydrogen) atoms. The Morgan fingerprint density at radius 1 is 1.11 bits per heavy atom. The smallest absolute Gasteiger partial charge is 0.251 e. The summed E-state index contributed by atoms with van der Waals surface area (Å²) in [6, 6.07) is 11.4. The van der Waals surface area contributed by atoms with E-state index in [2.05, 4.69) is 10.0 Å². The van der Waals surface area contributed by atoms with Crippen molar-refractivity contribution in [3.63, 3.8) is 0 Å². The summed E-state index contributed by atoms with van der Waals surface area (Å²) in [4.78, 5) is 12.2. The number of benzene rings is 2. The monoisotopic (exact) mass is 394 g/mol. The van der Waals surface area contributed by atoms with Gasteiger partial charge in [0.2, 0.25) is 10.0 Å². The maximum Gasteiger partial charge on any atom is 0.251 e. The summed E-state index contributed by atoms with van der Waals surface area (Å²) < 4.78 is 44.8. The number of rotatable bonds is 9. The van der Waals surface area contributed by atoms with Crippen molar-refractivity contribution >= 4 is 15.9 Å². The molecule has 1 atom stereocenters. The van der Waals surface area contributed by atoms with Crippen molar-refractivity contribution in [1.29, 1.82) is 0 Å². The van der Waals surface area contributed by atoms with Gasteiger partial charge >= 0.3 is 0 Å². The lowest BCUT2D eigenvalue weighted by atomic mass is 10.1. The number of amides is 1. The Bertz CT molecular complexity index is 852. The van der Waals surface area contributed by atoms with Gasteiger partial charge in [0.05, 0.1) is 11.5 Å². The van der Waals surface area contributed by atoms with Crippen LogP contribution in [0, 0.1) is 5.82 Å². The summed E-state index contributed by atoms with van der Waals surface area (Å²) in [7, 11) is -2.18. The van der Waals surface area contributed by atoms with Crippen molar-refractivity contribution in [1.82, 2.24) is 10.0 Å².